The molecule has 2 aliphatic rings. The Kier molecular flexibility index (Phi) is 4.83. The molecule has 0 N–H and O–H groups in total. The van der Waals surface area contributed by atoms with Crippen molar-refractivity contribution in [3.8, 4) is 0 Å². The third kappa shape index (κ3) is 3.41. The summed E-state index contributed by atoms with van der Waals surface area (Å²) < 4.78 is 12.6. The molecule has 1 amide bonds. The van der Waals surface area contributed by atoms with Crippen LogP contribution in [-0.4, -0.2) is 57.3 Å². The SMILES string of the molecule is O=C1CCCCC1C1COCCN1C(=O)c1cc(Cn2cccn2)on1. The summed E-state index contributed by atoms with van der Waals surface area (Å²) in [6.45, 7) is 1.76. The first-order valence-electron chi connectivity index (χ1n) is 9.07. The summed E-state index contributed by atoms with van der Waals surface area (Å²) >= 11 is 0. The number of carbonyl (C=O) groups is 2. The Hall–Kier alpha value is -2.48. The van der Waals surface area contributed by atoms with E-state index in [-0.39, 0.29) is 29.3 Å². The molecule has 2 aromatic rings. The van der Waals surface area contributed by atoms with Crippen molar-refractivity contribution in [3.63, 3.8) is 0 Å². The molecule has 0 bridgehead atoms. The number of morpholine rings is 1. The molecular weight excluding hydrogens is 336 g/mol. The highest BCUT2D eigenvalue weighted by Crippen LogP contribution is 2.29. The second-order valence-corrected chi connectivity index (χ2v) is 6.84. The summed E-state index contributed by atoms with van der Waals surface area (Å²) in [5.74, 6) is 0.468. The van der Waals surface area contributed by atoms with Crippen LogP contribution < -0.4 is 0 Å². The molecule has 1 aliphatic carbocycles. The molecule has 2 aromatic heterocycles. The van der Waals surface area contributed by atoms with Crippen LogP contribution in [0, 0.1) is 5.92 Å². The fraction of sp³-hybridized carbons (Fsp3) is 0.556. The zero-order chi connectivity index (χ0) is 17.9. The number of nitrogens with zero attached hydrogens (tertiary/aromatic N) is 4. The van der Waals surface area contributed by atoms with E-state index in [4.69, 9.17) is 9.26 Å². The molecule has 138 valence electrons. The molecule has 2 atom stereocenters. The third-order valence-corrected chi connectivity index (χ3v) is 5.15. The average molecular weight is 358 g/mol. The number of amides is 1. The maximum Gasteiger partial charge on any atom is 0.276 e. The second kappa shape index (κ2) is 7.41. The maximum absolute atomic E-state index is 13.0. The molecule has 0 aromatic carbocycles. The molecule has 8 nitrogen and oxygen atoms in total. The molecule has 3 heterocycles. The van der Waals surface area contributed by atoms with Crippen LogP contribution in [-0.2, 0) is 16.1 Å². The molecule has 2 unspecified atom stereocenters. The first-order chi connectivity index (χ1) is 12.7. The highest BCUT2D eigenvalue weighted by Gasteiger charge is 2.39. The zero-order valence-corrected chi connectivity index (χ0v) is 14.5. The van der Waals surface area contributed by atoms with E-state index in [0.717, 1.165) is 19.3 Å². The van der Waals surface area contributed by atoms with E-state index in [0.29, 0.717) is 38.5 Å². The lowest BCUT2D eigenvalue weighted by Crippen LogP contribution is -2.54. The quantitative estimate of drug-likeness (QED) is 0.823. The summed E-state index contributed by atoms with van der Waals surface area (Å²) in [7, 11) is 0. The smallest absolute Gasteiger partial charge is 0.276 e. The van der Waals surface area contributed by atoms with E-state index in [1.807, 2.05) is 12.3 Å². The number of hydrogen-bond acceptors (Lipinski definition) is 6. The number of carbonyl (C=O) groups excluding carboxylic acids is 2. The van der Waals surface area contributed by atoms with Gasteiger partial charge in [0.05, 0.1) is 19.3 Å². The number of rotatable bonds is 4. The predicted molar refractivity (Wildman–Crippen MR) is 90.4 cm³/mol. The maximum atomic E-state index is 13.0. The number of hydrogen-bond donors (Lipinski definition) is 0. The second-order valence-electron chi connectivity index (χ2n) is 6.84. The molecule has 0 radical (unpaired) electrons. The fourth-order valence-corrected chi connectivity index (χ4v) is 3.81. The Morgan fingerprint density at radius 2 is 2.27 bits per heavy atom. The minimum Gasteiger partial charge on any atom is -0.377 e. The predicted octanol–water partition coefficient (Wildman–Crippen LogP) is 1.52. The van der Waals surface area contributed by atoms with Crippen molar-refractivity contribution in [2.75, 3.05) is 19.8 Å². The van der Waals surface area contributed by atoms with Gasteiger partial charge in [0, 0.05) is 37.3 Å². The topological polar surface area (TPSA) is 90.5 Å². The van der Waals surface area contributed by atoms with Crippen LogP contribution >= 0.6 is 0 Å². The molecule has 2 fully saturated rings. The molecule has 1 saturated heterocycles. The van der Waals surface area contributed by atoms with Crippen molar-refractivity contribution in [3.05, 3.63) is 36.0 Å². The Balaban J connectivity index is 1.50. The van der Waals surface area contributed by atoms with Crippen LogP contribution in [0.1, 0.15) is 41.9 Å². The lowest BCUT2D eigenvalue weighted by Gasteiger charge is -2.40. The van der Waals surface area contributed by atoms with E-state index in [2.05, 4.69) is 10.3 Å². The van der Waals surface area contributed by atoms with Gasteiger partial charge in [-0.1, -0.05) is 11.6 Å². The molecule has 8 heteroatoms. The Morgan fingerprint density at radius 3 is 3.08 bits per heavy atom. The molecule has 1 aliphatic heterocycles. The first kappa shape index (κ1) is 17.0. The molecular formula is C18H22N4O4. The van der Waals surface area contributed by atoms with Crippen molar-refractivity contribution < 1.29 is 18.8 Å². The Labute approximate surface area is 151 Å². The van der Waals surface area contributed by atoms with Gasteiger partial charge in [0.1, 0.15) is 12.3 Å². The number of ketones is 1. The number of aromatic nitrogens is 3. The first-order valence-corrected chi connectivity index (χ1v) is 9.07. The Morgan fingerprint density at radius 1 is 1.35 bits per heavy atom. The van der Waals surface area contributed by atoms with Gasteiger partial charge in [0.25, 0.3) is 5.91 Å². The summed E-state index contributed by atoms with van der Waals surface area (Å²) in [6.07, 6.45) is 6.88. The van der Waals surface area contributed by atoms with Gasteiger partial charge in [0.2, 0.25) is 0 Å². The van der Waals surface area contributed by atoms with Crippen molar-refractivity contribution in [1.82, 2.24) is 19.8 Å². The standard InChI is InChI=1S/C18H22N4O4/c23-17-5-2-1-4-14(17)16-12-25-9-8-22(16)18(24)15-10-13(26-20-15)11-21-7-3-6-19-21/h3,6-7,10,14,16H,1-2,4-5,8-9,11-12H2. The lowest BCUT2D eigenvalue weighted by molar-refractivity contribution is -0.129. The van der Waals surface area contributed by atoms with E-state index in [1.165, 1.54) is 0 Å². The van der Waals surface area contributed by atoms with E-state index < -0.39 is 0 Å². The molecule has 26 heavy (non-hydrogen) atoms. The van der Waals surface area contributed by atoms with E-state index in [1.54, 1.807) is 21.8 Å². The van der Waals surface area contributed by atoms with Crippen molar-refractivity contribution in [1.29, 1.82) is 0 Å². The van der Waals surface area contributed by atoms with Gasteiger partial charge in [-0.3, -0.25) is 14.3 Å². The minimum atomic E-state index is -0.213. The molecule has 4 rings (SSSR count). The third-order valence-electron chi connectivity index (χ3n) is 5.15. The van der Waals surface area contributed by atoms with Crippen LogP contribution in [0.3, 0.4) is 0 Å². The van der Waals surface area contributed by atoms with Gasteiger partial charge in [-0.05, 0) is 18.9 Å². The number of Topliss-reactive ketones (excluding diaryl/α,β-unsaturated/α-hetero) is 1. The van der Waals surface area contributed by atoms with E-state index in [9.17, 15) is 9.59 Å². The summed E-state index contributed by atoms with van der Waals surface area (Å²) in [6, 6.07) is 3.26. The van der Waals surface area contributed by atoms with Crippen LogP contribution in [0.25, 0.3) is 0 Å². The van der Waals surface area contributed by atoms with Crippen LogP contribution in [0.2, 0.25) is 0 Å². The number of ether oxygens (including phenoxy) is 1. The van der Waals surface area contributed by atoms with Crippen LogP contribution in [0.5, 0.6) is 0 Å². The molecule has 0 spiro atoms. The normalized spacial score (nSPS) is 24.0. The van der Waals surface area contributed by atoms with Gasteiger partial charge in [-0.25, -0.2) is 0 Å². The monoisotopic (exact) mass is 358 g/mol. The highest BCUT2D eigenvalue weighted by atomic mass is 16.5. The average Bonchev–Trinajstić information content (AvgIpc) is 3.34. The van der Waals surface area contributed by atoms with Gasteiger partial charge in [-0.2, -0.15) is 5.10 Å². The largest absolute Gasteiger partial charge is 0.377 e. The minimum absolute atomic E-state index is 0.136. The van der Waals surface area contributed by atoms with Gasteiger partial charge in [-0.15, -0.1) is 0 Å². The van der Waals surface area contributed by atoms with E-state index >= 15 is 0 Å². The fourth-order valence-electron chi connectivity index (χ4n) is 3.81. The van der Waals surface area contributed by atoms with Crippen molar-refractivity contribution in [2.24, 2.45) is 5.92 Å². The van der Waals surface area contributed by atoms with Crippen molar-refractivity contribution >= 4 is 11.7 Å². The summed E-state index contributed by atoms with van der Waals surface area (Å²) in [5, 5.41) is 8.05. The highest BCUT2D eigenvalue weighted by molar-refractivity contribution is 5.93. The lowest BCUT2D eigenvalue weighted by atomic mass is 9.82. The summed E-state index contributed by atoms with van der Waals surface area (Å²) in [5.41, 5.74) is 0.266. The van der Waals surface area contributed by atoms with Crippen LogP contribution in [0.4, 0.5) is 0 Å². The zero-order valence-electron chi connectivity index (χ0n) is 14.5. The van der Waals surface area contributed by atoms with Gasteiger partial charge in [0.15, 0.2) is 11.5 Å². The summed E-state index contributed by atoms with van der Waals surface area (Å²) in [4.78, 5) is 27.1. The van der Waals surface area contributed by atoms with Gasteiger partial charge < -0.3 is 14.2 Å². The Bertz CT molecular complexity index is 770. The van der Waals surface area contributed by atoms with Crippen LogP contribution in [0.15, 0.2) is 29.0 Å². The van der Waals surface area contributed by atoms with Crippen molar-refractivity contribution in [2.45, 2.75) is 38.3 Å². The molecule has 1 saturated carbocycles. The van der Waals surface area contributed by atoms with Gasteiger partial charge >= 0.3 is 0 Å².